The van der Waals surface area contributed by atoms with Gasteiger partial charge in [0.1, 0.15) is 5.76 Å². The Morgan fingerprint density at radius 1 is 1.83 bits per heavy atom. The van der Waals surface area contributed by atoms with E-state index in [1.54, 1.807) is 6.08 Å². The molecule has 1 rings (SSSR count). The van der Waals surface area contributed by atoms with Gasteiger partial charge in [-0.05, 0) is 0 Å². The Morgan fingerprint density at radius 2 is 2.67 bits per heavy atom. The molecule has 1 radical (unpaired) electrons. The fraction of sp³-hybridized carbons (Fsp3) is 0.200. The van der Waals surface area contributed by atoms with Crippen molar-refractivity contribution < 1.29 is 5.11 Å². The number of rotatable bonds is 0. The van der Waals surface area contributed by atoms with Crippen molar-refractivity contribution in [2.45, 2.75) is 6.42 Å². The van der Waals surface area contributed by atoms with Crippen LogP contribution in [0, 0.1) is 6.08 Å². The maximum atomic E-state index is 8.47. The van der Waals surface area contributed by atoms with Gasteiger partial charge in [0.2, 0.25) is 0 Å². The van der Waals surface area contributed by atoms with Crippen molar-refractivity contribution in [3.05, 3.63) is 24.0 Å². The Balaban J connectivity index is 2.61. The van der Waals surface area contributed by atoms with E-state index in [0.29, 0.717) is 12.2 Å². The molecule has 1 N–H and O–H groups in total. The van der Waals surface area contributed by atoms with Crippen molar-refractivity contribution in [3.8, 4) is 0 Å². The topological polar surface area (TPSA) is 20.2 Å². The van der Waals surface area contributed by atoms with E-state index in [9.17, 15) is 0 Å². The van der Waals surface area contributed by atoms with E-state index in [1.807, 2.05) is 6.08 Å². The lowest BCUT2D eigenvalue weighted by Gasteiger charge is -1.78. The Hall–Kier alpha value is -0.720. The van der Waals surface area contributed by atoms with Crippen LogP contribution in [-0.4, -0.2) is 5.11 Å². The predicted molar refractivity (Wildman–Crippen MR) is 23.1 cm³/mol. The first-order chi connectivity index (χ1) is 2.89. The fourth-order valence-corrected chi connectivity index (χ4v) is 0.385. The lowest BCUT2D eigenvalue weighted by Crippen LogP contribution is -1.66. The zero-order chi connectivity index (χ0) is 4.41. The summed E-state index contributed by atoms with van der Waals surface area (Å²) in [4.78, 5) is 0. The zero-order valence-electron chi connectivity index (χ0n) is 3.31. The van der Waals surface area contributed by atoms with Gasteiger partial charge in [-0.2, -0.15) is 0 Å². The number of allylic oxidation sites excluding steroid dienone is 3. The molecule has 0 aromatic carbocycles. The molecule has 0 heterocycles. The van der Waals surface area contributed by atoms with Crippen LogP contribution in [0.1, 0.15) is 6.42 Å². The normalized spacial score (nSPS) is 18.3. The number of aliphatic hydroxyl groups is 1. The summed E-state index contributed by atoms with van der Waals surface area (Å²) in [6.07, 6.45) is 6.85. The molecule has 1 nitrogen and oxygen atoms in total. The average Bonchev–Trinajstić information content (AvgIpc) is 1.86. The minimum absolute atomic E-state index is 0.343. The van der Waals surface area contributed by atoms with Crippen LogP contribution in [0.4, 0.5) is 0 Å². The van der Waals surface area contributed by atoms with Crippen molar-refractivity contribution in [2.75, 3.05) is 0 Å². The molecule has 6 heavy (non-hydrogen) atoms. The minimum Gasteiger partial charge on any atom is -0.511 e. The van der Waals surface area contributed by atoms with Gasteiger partial charge in [-0.1, -0.05) is 12.2 Å². The van der Waals surface area contributed by atoms with Crippen LogP contribution < -0.4 is 0 Å². The smallest absolute Gasteiger partial charge is 0.104 e. The molecule has 1 heteroatoms. The van der Waals surface area contributed by atoms with Gasteiger partial charge in [-0.3, -0.25) is 0 Å². The van der Waals surface area contributed by atoms with E-state index in [2.05, 4.69) is 6.08 Å². The lowest BCUT2D eigenvalue weighted by atomic mass is 10.4. The first-order valence-electron chi connectivity index (χ1n) is 1.86. The molecule has 0 fully saturated rings. The Bertz CT molecular complexity index is 101. The van der Waals surface area contributed by atoms with E-state index in [1.165, 1.54) is 0 Å². The van der Waals surface area contributed by atoms with Crippen molar-refractivity contribution in [3.63, 3.8) is 0 Å². The lowest BCUT2D eigenvalue weighted by molar-refractivity contribution is 0.402. The van der Waals surface area contributed by atoms with Crippen molar-refractivity contribution in [1.29, 1.82) is 0 Å². The van der Waals surface area contributed by atoms with E-state index in [-0.39, 0.29) is 0 Å². The number of hydrogen-bond acceptors (Lipinski definition) is 1. The van der Waals surface area contributed by atoms with Gasteiger partial charge >= 0.3 is 0 Å². The van der Waals surface area contributed by atoms with Gasteiger partial charge in [0.15, 0.2) is 0 Å². The molecule has 31 valence electrons. The van der Waals surface area contributed by atoms with E-state index in [4.69, 9.17) is 5.11 Å². The molecular formula is C5H5O. The van der Waals surface area contributed by atoms with E-state index in [0.717, 1.165) is 0 Å². The summed E-state index contributed by atoms with van der Waals surface area (Å²) < 4.78 is 0. The number of hydrogen-bond donors (Lipinski definition) is 1. The highest BCUT2D eigenvalue weighted by Gasteiger charge is 1.90. The molecule has 1 aliphatic rings. The maximum Gasteiger partial charge on any atom is 0.104 e. The third-order valence-electron chi connectivity index (χ3n) is 0.679. The molecule has 0 aromatic rings. The summed E-state index contributed by atoms with van der Waals surface area (Å²) in [5, 5.41) is 8.47. The van der Waals surface area contributed by atoms with Crippen molar-refractivity contribution >= 4 is 0 Å². The Kier molecular flexibility index (Phi) is 0.675. The molecule has 0 aromatic heterocycles. The summed E-state index contributed by atoms with van der Waals surface area (Å²) in [5.41, 5.74) is 0. The summed E-state index contributed by atoms with van der Waals surface area (Å²) in [6, 6.07) is 0. The first kappa shape index (κ1) is 3.47. The third kappa shape index (κ3) is 0.432. The monoisotopic (exact) mass is 81.0 g/mol. The second kappa shape index (κ2) is 1.17. The van der Waals surface area contributed by atoms with Crippen LogP contribution in [0.15, 0.2) is 17.9 Å². The Labute approximate surface area is 36.6 Å². The molecule has 0 amide bonds. The standard InChI is InChI=1S/C5H5O/c6-5-3-1-2-4-5/h1-2,6H,3H2. The molecule has 1 aliphatic carbocycles. The van der Waals surface area contributed by atoms with E-state index < -0.39 is 0 Å². The molecule has 0 aliphatic heterocycles. The average molecular weight is 81.1 g/mol. The molecule has 0 spiro atoms. The van der Waals surface area contributed by atoms with Crippen LogP contribution in [-0.2, 0) is 0 Å². The van der Waals surface area contributed by atoms with Gasteiger partial charge in [0, 0.05) is 12.5 Å². The number of aliphatic hydroxyl groups excluding tert-OH is 1. The Morgan fingerprint density at radius 3 is 2.83 bits per heavy atom. The highest BCUT2D eigenvalue weighted by atomic mass is 16.3. The molecule has 0 saturated carbocycles. The van der Waals surface area contributed by atoms with Gasteiger partial charge in [-0.25, -0.2) is 0 Å². The SMILES string of the molecule is OC1=[C]C=CC1. The summed E-state index contributed by atoms with van der Waals surface area (Å²) >= 11 is 0. The quantitative estimate of drug-likeness (QED) is 0.464. The maximum absolute atomic E-state index is 8.47. The summed E-state index contributed by atoms with van der Waals surface area (Å²) in [5.74, 6) is 0.343. The summed E-state index contributed by atoms with van der Waals surface area (Å²) in [7, 11) is 0. The molecule has 0 unspecified atom stereocenters. The van der Waals surface area contributed by atoms with Crippen LogP contribution in [0.25, 0.3) is 0 Å². The minimum atomic E-state index is 0.343. The second-order valence-corrected chi connectivity index (χ2v) is 1.20. The largest absolute Gasteiger partial charge is 0.511 e. The third-order valence-corrected chi connectivity index (χ3v) is 0.679. The van der Waals surface area contributed by atoms with E-state index >= 15 is 0 Å². The molecule has 0 bridgehead atoms. The molecule has 0 saturated heterocycles. The van der Waals surface area contributed by atoms with Crippen LogP contribution >= 0.6 is 0 Å². The van der Waals surface area contributed by atoms with Gasteiger partial charge < -0.3 is 5.11 Å². The highest BCUT2D eigenvalue weighted by Crippen LogP contribution is 2.02. The fourth-order valence-electron chi connectivity index (χ4n) is 0.385. The van der Waals surface area contributed by atoms with Gasteiger partial charge in [0.05, 0.1) is 0 Å². The van der Waals surface area contributed by atoms with Crippen molar-refractivity contribution in [1.82, 2.24) is 0 Å². The summed E-state index contributed by atoms with van der Waals surface area (Å²) in [6.45, 7) is 0. The molecular weight excluding hydrogens is 76.1 g/mol. The zero-order valence-corrected chi connectivity index (χ0v) is 3.31. The van der Waals surface area contributed by atoms with Gasteiger partial charge in [0.25, 0.3) is 0 Å². The molecule has 0 atom stereocenters. The van der Waals surface area contributed by atoms with Crippen LogP contribution in [0.3, 0.4) is 0 Å². The first-order valence-corrected chi connectivity index (χ1v) is 1.86. The van der Waals surface area contributed by atoms with Crippen LogP contribution in [0.5, 0.6) is 0 Å². The highest BCUT2D eigenvalue weighted by molar-refractivity contribution is 5.10. The van der Waals surface area contributed by atoms with Crippen LogP contribution in [0.2, 0.25) is 0 Å². The predicted octanol–water partition coefficient (Wildman–Crippen LogP) is 1.19. The second-order valence-electron chi connectivity index (χ2n) is 1.20. The van der Waals surface area contributed by atoms with Gasteiger partial charge in [-0.15, -0.1) is 0 Å². The van der Waals surface area contributed by atoms with Crippen molar-refractivity contribution in [2.24, 2.45) is 0 Å².